The molecule has 1 aromatic rings. The third-order valence-electron chi connectivity index (χ3n) is 3.85. The minimum Gasteiger partial charge on any atom is -0.477 e. The molecule has 3 nitrogen and oxygen atoms in total. The van der Waals surface area contributed by atoms with Crippen molar-refractivity contribution in [3.63, 3.8) is 0 Å². The summed E-state index contributed by atoms with van der Waals surface area (Å²) >= 11 is 3.36. The van der Waals surface area contributed by atoms with E-state index in [4.69, 9.17) is 0 Å². The quantitative estimate of drug-likeness (QED) is 0.881. The molecule has 5 heteroatoms. The van der Waals surface area contributed by atoms with Crippen molar-refractivity contribution in [1.82, 2.24) is 4.98 Å². The van der Waals surface area contributed by atoms with E-state index in [0.717, 1.165) is 34.5 Å². The maximum Gasteiger partial charge on any atom is 0.347 e. The molecule has 0 amide bonds. The Bertz CT molecular complexity index is 462. The van der Waals surface area contributed by atoms with Gasteiger partial charge in [0.25, 0.3) is 0 Å². The Balaban J connectivity index is 1.63. The van der Waals surface area contributed by atoms with Gasteiger partial charge in [0, 0.05) is 16.9 Å². The second-order valence-corrected chi connectivity index (χ2v) is 7.84. The summed E-state index contributed by atoms with van der Waals surface area (Å²) in [5, 5.41) is 11.0. The molecular formula is C14H19NO2S2. The molecule has 2 aliphatic rings. The molecule has 0 saturated heterocycles. The van der Waals surface area contributed by atoms with Crippen LogP contribution in [0.25, 0.3) is 0 Å². The van der Waals surface area contributed by atoms with Crippen LogP contribution in [0.3, 0.4) is 0 Å². The summed E-state index contributed by atoms with van der Waals surface area (Å²) in [6.45, 7) is 0. The van der Waals surface area contributed by atoms with Gasteiger partial charge in [0.2, 0.25) is 0 Å². The zero-order valence-electron chi connectivity index (χ0n) is 10.9. The molecule has 1 heterocycles. The predicted octanol–water partition coefficient (Wildman–Crippen LogP) is 4.28. The van der Waals surface area contributed by atoms with E-state index in [1.165, 1.54) is 43.4 Å². The first kappa shape index (κ1) is 13.4. The van der Waals surface area contributed by atoms with E-state index in [1.54, 1.807) is 0 Å². The van der Waals surface area contributed by atoms with Crippen LogP contribution in [0.5, 0.6) is 0 Å². The van der Waals surface area contributed by atoms with Gasteiger partial charge in [-0.1, -0.05) is 19.3 Å². The van der Waals surface area contributed by atoms with Gasteiger partial charge in [-0.15, -0.1) is 11.3 Å². The highest BCUT2D eigenvalue weighted by molar-refractivity contribution is 7.99. The highest BCUT2D eigenvalue weighted by Crippen LogP contribution is 2.43. The molecule has 0 unspecified atom stereocenters. The first-order valence-corrected chi connectivity index (χ1v) is 8.95. The van der Waals surface area contributed by atoms with Gasteiger partial charge in [-0.25, -0.2) is 9.78 Å². The highest BCUT2D eigenvalue weighted by Gasteiger charge is 2.32. The van der Waals surface area contributed by atoms with E-state index in [2.05, 4.69) is 4.98 Å². The summed E-state index contributed by atoms with van der Waals surface area (Å²) in [4.78, 5) is 16.3. The zero-order chi connectivity index (χ0) is 13.2. The van der Waals surface area contributed by atoms with E-state index in [9.17, 15) is 9.90 Å². The van der Waals surface area contributed by atoms with Crippen LogP contribution in [0.15, 0.2) is 0 Å². The van der Waals surface area contributed by atoms with Crippen molar-refractivity contribution in [3.05, 3.63) is 15.6 Å². The maximum atomic E-state index is 11.2. The van der Waals surface area contributed by atoms with Crippen LogP contribution in [0, 0.1) is 0 Å². The van der Waals surface area contributed by atoms with Gasteiger partial charge in [0.1, 0.15) is 9.88 Å². The summed E-state index contributed by atoms with van der Waals surface area (Å²) in [5.74, 6) is 0.520. The Labute approximate surface area is 121 Å². The fraction of sp³-hybridized carbons (Fsp3) is 0.714. The van der Waals surface area contributed by atoms with Crippen molar-refractivity contribution in [2.75, 3.05) is 0 Å². The Hall–Kier alpha value is -0.550. The molecule has 0 aliphatic heterocycles. The molecule has 104 valence electrons. The van der Waals surface area contributed by atoms with Gasteiger partial charge in [-0.3, -0.25) is 0 Å². The van der Waals surface area contributed by atoms with Crippen molar-refractivity contribution in [2.24, 2.45) is 0 Å². The Morgan fingerprint density at radius 2 is 2.00 bits per heavy atom. The lowest BCUT2D eigenvalue weighted by atomic mass is 10.0. The lowest BCUT2D eigenvalue weighted by Crippen LogP contribution is -2.08. The third-order valence-corrected chi connectivity index (χ3v) is 6.48. The molecular weight excluding hydrogens is 278 g/mol. The number of thioether (sulfide) groups is 1. The Kier molecular flexibility index (Phi) is 4.12. The molecule has 1 aromatic heterocycles. The molecule has 3 rings (SSSR count). The number of carbonyl (C=O) groups is 1. The van der Waals surface area contributed by atoms with Gasteiger partial charge in [0.05, 0.1) is 5.69 Å². The minimum atomic E-state index is -0.798. The monoisotopic (exact) mass is 297 g/mol. The van der Waals surface area contributed by atoms with Gasteiger partial charge in [0.15, 0.2) is 0 Å². The molecule has 0 bridgehead atoms. The number of aromatic nitrogens is 1. The van der Waals surface area contributed by atoms with Crippen LogP contribution >= 0.6 is 23.1 Å². The normalized spacial score (nSPS) is 20.6. The number of carboxylic acids is 1. The second kappa shape index (κ2) is 5.83. The van der Waals surface area contributed by atoms with E-state index < -0.39 is 5.97 Å². The Morgan fingerprint density at radius 3 is 2.63 bits per heavy atom. The number of rotatable bonds is 5. The molecule has 0 aromatic carbocycles. The van der Waals surface area contributed by atoms with Crippen LogP contribution in [0.1, 0.15) is 71.2 Å². The molecule has 0 spiro atoms. The Morgan fingerprint density at radius 1 is 1.26 bits per heavy atom. The zero-order valence-corrected chi connectivity index (χ0v) is 12.6. The first-order chi connectivity index (χ1) is 9.24. The molecule has 2 fully saturated rings. The van der Waals surface area contributed by atoms with E-state index >= 15 is 0 Å². The van der Waals surface area contributed by atoms with Crippen LogP contribution in [0.4, 0.5) is 0 Å². The topological polar surface area (TPSA) is 50.2 Å². The van der Waals surface area contributed by atoms with Crippen molar-refractivity contribution in [3.8, 4) is 0 Å². The van der Waals surface area contributed by atoms with Crippen molar-refractivity contribution >= 4 is 29.1 Å². The van der Waals surface area contributed by atoms with Crippen molar-refractivity contribution < 1.29 is 9.90 Å². The van der Waals surface area contributed by atoms with E-state index in [0.29, 0.717) is 10.8 Å². The maximum absolute atomic E-state index is 11.2. The summed E-state index contributed by atoms with van der Waals surface area (Å²) in [6.07, 6.45) is 8.93. The van der Waals surface area contributed by atoms with Crippen LogP contribution < -0.4 is 0 Å². The SMILES string of the molecule is O=C(O)c1sc(CSC2CCCCC2)nc1C1CC1. The van der Waals surface area contributed by atoms with E-state index in [1.807, 2.05) is 11.8 Å². The standard InChI is InChI=1S/C14H19NO2S2/c16-14(17)13-12(9-6-7-9)15-11(19-13)8-18-10-4-2-1-3-5-10/h9-10H,1-8H2,(H,16,17). The molecule has 1 N–H and O–H groups in total. The summed E-state index contributed by atoms with van der Waals surface area (Å²) in [7, 11) is 0. The lowest BCUT2D eigenvalue weighted by molar-refractivity contribution is 0.0700. The average Bonchev–Trinajstić information content (AvgIpc) is 3.17. The van der Waals surface area contributed by atoms with Crippen LogP contribution in [-0.4, -0.2) is 21.3 Å². The van der Waals surface area contributed by atoms with Gasteiger partial charge in [-0.05, 0) is 25.7 Å². The number of aromatic carboxylic acids is 1. The average molecular weight is 297 g/mol. The number of hydrogen-bond acceptors (Lipinski definition) is 4. The molecule has 19 heavy (non-hydrogen) atoms. The molecule has 2 saturated carbocycles. The molecule has 0 radical (unpaired) electrons. The second-order valence-electron chi connectivity index (χ2n) is 5.47. The van der Waals surface area contributed by atoms with Crippen LogP contribution in [0.2, 0.25) is 0 Å². The van der Waals surface area contributed by atoms with Crippen molar-refractivity contribution in [2.45, 2.75) is 61.9 Å². The summed E-state index contributed by atoms with van der Waals surface area (Å²) < 4.78 is 0. The van der Waals surface area contributed by atoms with Gasteiger partial charge >= 0.3 is 5.97 Å². The van der Waals surface area contributed by atoms with Crippen molar-refractivity contribution in [1.29, 1.82) is 0 Å². The highest BCUT2D eigenvalue weighted by atomic mass is 32.2. The summed E-state index contributed by atoms with van der Waals surface area (Å²) in [6, 6.07) is 0. The van der Waals surface area contributed by atoms with E-state index in [-0.39, 0.29) is 0 Å². The molecule has 2 aliphatic carbocycles. The third kappa shape index (κ3) is 3.31. The molecule has 0 atom stereocenters. The smallest absolute Gasteiger partial charge is 0.347 e. The minimum absolute atomic E-state index is 0.427. The first-order valence-electron chi connectivity index (χ1n) is 7.08. The number of thiazole rings is 1. The lowest BCUT2D eigenvalue weighted by Gasteiger charge is -2.20. The number of hydrogen-bond donors (Lipinski definition) is 1. The fourth-order valence-corrected chi connectivity index (χ4v) is 4.98. The van der Waals surface area contributed by atoms with Gasteiger partial charge < -0.3 is 5.11 Å². The predicted molar refractivity (Wildman–Crippen MR) is 79.2 cm³/mol. The van der Waals surface area contributed by atoms with Gasteiger partial charge in [-0.2, -0.15) is 11.8 Å². The van der Waals surface area contributed by atoms with Crippen LogP contribution in [-0.2, 0) is 5.75 Å². The largest absolute Gasteiger partial charge is 0.477 e. The number of carboxylic acid groups (broad SMARTS) is 1. The fourth-order valence-electron chi connectivity index (χ4n) is 2.65. The summed E-state index contributed by atoms with van der Waals surface area (Å²) in [5.41, 5.74) is 0.858. The number of nitrogens with zero attached hydrogens (tertiary/aromatic N) is 1.